The number of carbonyl (C=O) groups is 1. The second-order valence-electron chi connectivity index (χ2n) is 5.81. The van der Waals surface area contributed by atoms with Crippen molar-refractivity contribution < 1.29 is 9.90 Å². The Hall–Kier alpha value is -3.46. The number of carboxylic acids is 1. The van der Waals surface area contributed by atoms with Gasteiger partial charge in [0.1, 0.15) is 0 Å². The fourth-order valence-electron chi connectivity index (χ4n) is 3.13. The Balaban J connectivity index is 2.02. The van der Waals surface area contributed by atoms with Crippen molar-refractivity contribution in [3.63, 3.8) is 0 Å². The number of hydrogen-bond donors (Lipinski definition) is 1. The van der Waals surface area contributed by atoms with Crippen LogP contribution in [0.4, 0.5) is 5.69 Å². The van der Waals surface area contributed by atoms with Crippen LogP contribution in [0.5, 0.6) is 0 Å². The lowest BCUT2D eigenvalue weighted by atomic mass is 9.94. The highest BCUT2D eigenvalue weighted by Gasteiger charge is 2.13. The van der Waals surface area contributed by atoms with Gasteiger partial charge in [0, 0.05) is 17.2 Å². The predicted molar refractivity (Wildman–Crippen MR) is 102 cm³/mol. The van der Waals surface area contributed by atoms with E-state index >= 15 is 0 Å². The molecular formula is C22H15NO2. The number of hydrogen-bond acceptors (Lipinski definition) is 2. The normalized spacial score (nSPS) is 11.4. The number of benzene rings is 4. The van der Waals surface area contributed by atoms with E-state index in [2.05, 4.69) is 4.99 Å². The van der Waals surface area contributed by atoms with E-state index in [0.717, 1.165) is 32.8 Å². The van der Waals surface area contributed by atoms with Crippen molar-refractivity contribution in [2.75, 3.05) is 0 Å². The summed E-state index contributed by atoms with van der Waals surface area (Å²) >= 11 is 0. The zero-order valence-electron chi connectivity index (χ0n) is 13.4. The van der Waals surface area contributed by atoms with E-state index in [0.29, 0.717) is 5.56 Å². The minimum Gasteiger partial charge on any atom is -0.478 e. The van der Waals surface area contributed by atoms with Crippen molar-refractivity contribution >= 4 is 39.4 Å². The maximum Gasteiger partial charge on any atom is 0.336 e. The molecule has 0 amide bonds. The molecule has 0 aliphatic rings. The van der Waals surface area contributed by atoms with Gasteiger partial charge in [-0.1, -0.05) is 60.7 Å². The topological polar surface area (TPSA) is 49.7 Å². The highest BCUT2D eigenvalue weighted by atomic mass is 16.4. The molecule has 4 aromatic carbocycles. The van der Waals surface area contributed by atoms with Gasteiger partial charge in [0.2, 0.25) is 0 Å². The summed E-state index contributed by atoms with van der Waals surface area (Å²) in [6.45, 7) is 0. The lowest BCUT2D eigenvalue weighted by Gasteiger charge is -2.09. The molecule has 4 aromatic rings. The summed E-state index contributed by atoms with van der Waals surface area (Å²) in [7, 11) is 0. The van der Waals surface area contributed by atoms with Gasteiger partial charge in [0.05, 0.1) is 11.3 Å². The van der Waals surface area contributed by atoms with Crippen LogP contribution < -0.4 is 0 Å². The van der Waals surface area contributed by atoms with E-state index in [1.165, 1.54) is 0 Å². The Morgan fingerprint density at radius 1 is 0.760 bits per heavy atom. The summed E-state index contributed by atoms with van der Waals surface area (Å²) in [6, 6.07) is 24.9. The van der Waals surface area contributed by atoms with Crippen molar-refractivity contribution in [3.8, 4) is 0 Å². The number of para-hydroxylation sites is 1. The first-order valence-corrected chi connectivity index (χ1v) is 8.01. The molecule has 4 rings (SSSR count). The van der Waals surface area contributed by atoms with E-state index in [-0.39, 0.29) is 0 Å². The second-order valence-corrected chi connectivity index (χ2v) is 5.81. The molecule has 25 heavy (non-hydrogen) atoms. The van der Waals surface area contributed by atoms with Crippen molar-refractivity contribution in [1.29, 1.82) is 0 Å². The van der Waals surface area contributed by atoms with Crippen molar-refractivity contribution in [2.24, 2.45) is 4.99 Å². The maximum absolute atomic E-state index is 11.7. The molecule has 0 atom stereocenters. The Bertz CT molecular complexity index is 1110. The van der Waals surface area contributed by atoms with Gasteiger partial charge >= 0.3 is 5.97 Å². The van der Waals surface area contributed by atoms with Crippen LogP contribution in [-0.2, 0) is 0 Å². The average Bonchev–Trinajstić information content (AvgIpc) is 2.66. The van der Waals surface area contributed by atoms with Crippen LogP contribution in [-0.4, -0.2) is 17.3 Å². The number of fused-ring (bicyclic) bond motifs is 3. The van der Waals surface area contributed by atoms with E-state index in [9.17, 15) is 9.90 Å². The molecule has 120 valence electrons. The molecule has 0 bridgehead atoms. The van der Waals surface area contributed by atoms with Gasteiger partial charge in [-0.2, -0.15) is 0 Å². The van der Waals surface area contributed by atoms with Gasteiger partial charge in [0.15, 0.2) is 0 Å². The molecule has 3 nitrogen and oxygen atoms in total. The van der Waals surface area contributed by atoms with Crippen LogP contribution >= 0.6 is 0 Å². The molecule has 0 fully saturated rings. The number of aliphatic imine (C=N–C) groups is 1. The smallest absolute Gasteiger partial charge is 0.336 e. The summed E-state index contributed by atoms with van der Waals surface area (Å²) in [6.07, 6.45) is 1.80. The average molecular weight is 325 g/mol. The van der Waals surface area contributed by atoms with Gasteiger partial charge < -0.3 is 5.11 Å². The molecule has 0 aliphatic heterocycles. The van der Waals surface area contributed by atoms with E-state index in [1.54, 1.807) is 18.3 Å². The third-order valence-electron chi connectivity index (χ3n) is 4.26. The summed E-state index contributed by atoms with van der Waals surface area (Å²) in [5.41, 5.74) is 2.07. The standard InChI is InChI=1S/C22H15NO2/c24-22(25)19-11-5-7-16-13-12-15-6-4-8-17(20(15)21(16)19)14-23-18-9-2-1-3-10-18/h1-14H,(H,24,25). The largest absolute Gasteiger partial charge is 0.478 e. The molecule has 3 heteroatoms. The summed E-state index contributed by atoms with van der Waals surface area (Å²) < 4.78 is 0. The van der Waals surface area contributed by atoms with Gasteiger partial charge in [-0.15, -0.1) is 0 Å². The fourth-order valence-corrected chi connectivity index (χ4v) is 3.13. The Morgan fingerprint density at radius 3 is 2.16 bits per heavy atom. The van der Waals surface area contributed by atoms with Crippen molar-refractivity contribution in [1.82, 2.24) is 0 Å². The lowest BCUT2D eigenvalue weighted by molar-refractivity contribution is 0.0699. The monoisotopic (exact) mass is 325 g/mol. The summed E-state index contributed by atoms with van der Waals surface area (Å²) in [5, 5.41) is 13.2. The van der Waals surface area contributed by atoms with Crippen LogP contribution in [0, 0.1) is 0 Å². The predicted octanol–water partition coefficient (Wildman–Crippen LogP) is 5.44. The first kappa shape index (κ1) is 15.1. The molecule has 0 radical (unpaired) electrons. The van der Waals surface area contributed by atoms with Crippen molar-refractivity contribution in [3.05, 3.63) is 90.0 Å². The van der Waals surface area contributed by atoms with E-state index in [4.69, 9.17) is 0 Å². The highest BCUT2D eigenvalue weighted by Crippen LogP contribution is 2.30. The minimum absolute atomic E-state index is 0.309. The molecule has 0 aliphatic carbocycles. The number of aromatic carboxylic acids is 1. The van der Waals surface area contributed by atoms with E-state index < -0.39 is 5.97 Å². The molecule has 0 aromatic heterocycles. The summed E-state index contributed by atoms with van der Waals surface area (Å²) in [5.74, 6) is -0.923. The highest BCUT2D eigenvalue weighted by molar-refractivity contribution is 6.20. The molecule has 0 saturated carbocycles. The second kappa shape index (κ2) is 6.21. The Labute approximate surface area is 144 Å². The van der Waals surface area contributed by atoms with Crippen LogP contribution in [0.2, 0.25) is 0 Å². The summed E-state index contributed by atoms with van der Waals surface area (Å²) in [4.78, 5) is 16.3. The van der Waals surface area contributed by atoms with Crippen LogP contribution in [0.3, 0.4) is 0 Å². The lowest BCUT2D eigenvalue weighted by Crippen LogP contribution is -1.98. The van der Waals surface area contributed by atoms with E-state index in [1.807, 2.05) is 66.7 Å². The minimum atomic E-state index is -0.923. The fraction of sp³-hybridized carbons (Fsp3) is 0. The molecule has 1 N–H and O–H groups in total. The van der Waals surface area contributed by atoms with Gasteiger partial charge in [0.25, 0.3) is 0 Å². The van der Waals surface area contributed by atoms with Gasteiger partial charge in [-0.25, -0.2) is 4.79 Å². The first-order chi connectivity index (χ1) is 12.2. The molecular weight excluding hydrogens is 310 g/mol. The molecule has 0 spiro atoms. The van der Waals surface area contributed by atoms with Crippen LogP contribution in [0.25, 0.3) is 21.5 Å². The third-order valence-corrected chi connectivity index (χ3v) is 4.26. The molecule has 0 heterocycles. The molecule has 0 unspecified atom stereocenters. The zero-order valence-corrected chi connectivity index (χ0v) is 13.4. The SMILES string of the molecule is O=C(O)c1cccc2ccc3cccc(C=Nc4ccccc4)c3c12. The van der Waals surface area contributed by atoms with Crippen LogP contribution in [0.1, 0.15) is 15.9 Å². The quantitative estimate of drug-likeness (QED) is 0.402. The Morgan fingerprint density at radius 2 is 1.44 bits per heavy atom. The number of rotatable bonds is 3. The first-order valence-electron chi connectivity index (χ1n) is 8.01. The van der Waals surface area contributed by atoms with Gasteiger partial charge in [-0.3, -0.25) is 4.99 Å². The maximum atomic E-state index is 11.7. The number of carboxylic acid groups (broad SMARTS) is 1. The molecule has 0 saturated heterocycles. The zero-order chi connectivity index (χ0) is 17.2. The van der Waals surface area contributed by atoms with Gasteiger partial charge in [-0.05, 0) is 34.4 Å². The third kappa shape index (κ3) is 2.76. The Kier molecular flexibility index (Phi) is 3.75. The number of nitrogens with zero attached hydrogens (tertiary/aromatic N) is 1. The van der Waals surface area contributed by atoms with Crippen molar-refractivity contribution in [2.45, 2.75) is 0 Å². The van der Waals surface area contributed by atoms with Crippen LogP contribution in [0.15, 0.2) is 83.9 Å².